The van der Waals surface area contributed by atoms with Crippen molar-refractivity contribution in [1.29, 1.82) is 0 Å². The van der Waals surface area contributed by atoms with E-state index in [9.17, 15) is 19.2 Å². The van der Waals surface area contributed by atoms with E-state index in [0.29, 0.717) is 130 Å². The first-order valence-corrected chi connectivity index (χ1v) is 19.3. The first-order valence-electron chi connectivity index (χ1n) is 19.3. The van der Waals surface area contributed by atoms with Gasteiger partial charge < -0.3 is 59.2 Å². The van der Waals surface area contributed by atoms with Gasteiger partial charge in [-0.05, 0) is 62.3 Å². The van der Waals surface area contributed by atoms with Gasteiger partial charge in [-0.25, -0.2) is 0 Å². The van der Waals surface area contributed by atoms with Crippen molar-refractivity contribution < 1.29 is 57.1 Å². The number of benzene rings is 2. The molecule has 2 aromatic carbocycles. The molecule has 0 saturated heterocycles. The zero-order chi connectivity index (χ0) is 40.1. The van der Waals surface area contributed by atoms with E-state index in [1.165, 1.54) is 12.1 Å². The maximum absolute atomic E-state index is 13.4. The minimum Gasteiger partial charge on any atom is -0.382 e. The Balaban J connectivity index is 1.26. The maximum atomic E-state index is 13.4. The molecule has 0 fully saturated rings. The summed E-state index contributed by atoms with van der Waals surface area (Å²) in [6.45, 7) is 9.81. The van der Waals surface area contributed by atoms with Gasteiger partial charge in [0.25, 0.3) is 0 Å². The Labute approximate surface area is 329 Å². The van der Waals surface area contributed by atoms with Gasteiger partial charge in [-0.15, -0.1) is 0 Å². The molecule has 3 rings (SSSR count). The molecule has 4 N–H and O–H groups in total. The summed E-state index contributed by atoms with van der Waals surface area (Å²) in [6.07, 6.45) is 2.05. The summed E-state index contributed by atoms with van der Waals surface area (Å²) >= 11 is 0. The summed E-state index contributed by atoms with van der Waals surface area (Å²) in [5.41, 5.74) is 1.80. The normalized spacial score (nSPS) is 12.1. The number of ether oxygens (including phenoxy) is 8. The van der Waals surface area contributed by atoms with Crippen molar-refractivity contribution in [2.45, 2.75) is 25.7 Å². The minimum atomic E-state index is -0.324. The highest BCUT2D eigenvalue weighted by molar-refractivity contribution is 6.29. The van der Waals surface area contributed by atoms with Gasteiger partial charge in [0.15, 0.2) is 11.6 Å². The van der Waals surface area contributed by atoms with E-state index in [-0.39, 0.29) is 58.5 Å². The van der Waals surface area contributed by atoms with Gasteiger partial charge in [-0.2, -0.15) is 0 Å². The molecule has 16 heteroatoms. The molecule has 56 heavy (non-hydrogen) atoms. The number of fused-ring (bicyclic) bond motifs is 2. The van der Waals surface area contributed by atoms with Crippen molar-refractivity contribution >= 4 is 34.8 Å². The average Bonchev–Trinajstić information content (AvgIpc) is 3.19. The lowest BCUT2D eigenvalue weighted by atomic mass is 9.83. The first kappa shape index (κ1) is 46.7. The van der Waals surface area contributed by atoms with E-state index in [1.807, 2.05) is 0 Å². The smallest absolute Gasteiger partial charge is 0.225 e. The van der Waals surface area contributed by atoms with Crippen molar-refractivity contribution in [3.8, 4) is 0 Å². The predicted molar refractivity (Wildman–Crippen MR) is 210 cm³/mol. The lowest BCUT2D eigenvalue weighted by Crippen LogP contribution is -2.25. The molecule has 1 aliphatic carbocycles. The number of ketones is 2. The number of nitrogens with one attached hydrogen (secondary N) is 4. The van der Waals surface area contributed by atoms with Crippen molar-refractivity contribution in [2.24, 2.45) is 0 Å². The molecule has 0 unspecified atom stereocenters. The molecule has 0 heterocycles. The number of hydrogen-bond donors (Lipinski definition) is 4. The molecule has 0 spiro atoms. The lowest BCUT2D eigenvalue weighted by Gasteiger charge is -2.19. The van der Waals surface area contributed by atoms with Crippen molar-refractivity contribution in [2.75, 3.05) is 144 Å². The molecule has 1 aliphatic rings. The van der Waals surface area contributed by atoms with Crippen LogP contribution >= 0.6 is 0 Å². The summed E-state index contributed by atoms with van der Waals surface area (Å²) in [5, 5.41) is 12.1. The van der Waals surface area contributed by atoms with E-state index in [0.717, 1.165) is 12.8 Å². The molecule has 312 valence electrons. The van der Waals surface area contributed by atoms with E-state index >= 15 is 0 Å². The van der Waals surface area contributed by atoms with E-state index in [2.05, 4.69) is 21.3 Å². The van der Waals surface area contributed by atoms with Gasteiger partial charge in [0.1, 0.15) is 0 Å². The maximum Gasteiger partial charge on any atom is 0.225 e. The van der Waals surface area contributed by atoms with Crippen LogP contribution in [0.15, 0.2) is 36.4 Å². The second-order valence-electron chi connectivity index (χ2n) is 12.6. The second kappa shape index (κ2) is 29.5. The van der Waals surface area contributed by atoms with Gasteiger partial charge in [0.05, 0.1) is 79.3 Å². The van der Waals surface area contributed by atoms with Gasteiger partial charge in [0, 0.05) is 87.0 Å². The molecule has 0 radical (unpaired) electrons. The molecule has 0 bridgehead atoms. The number of anilines is 2. The van der Waals surface area contributed by atoms with E-state index < -0.39 is 0 Å². The third-order valence-corrected chi connectivity index (χ3v) is 8.28. The SMILES string of the molecule is COCCOCCOCCOCCCNCCC(=O)Nc1ccc2c(c1)C(=O)c1ccc(NC(=O)CCNCCCOCCOCCOCCOC)cc1C2=O. The lowest BCUT2D eigenvalue weighted by molar-refractivity contribution is -0.116. The van der Waals surface area contributed by atoms with Crippen LogP contribution in [0.1, 0.15) is 57.5 Å². The zero-order valence-corrected chi connectivity index (χ0v) is 32.9. The fourth-order valence-electron chi connectivity index (χ4n) is 5.37. The minimum absolute atomic E-state index is 0.217. The van der Waals surface area contributed by atoms with Crippen molar-refractivity contribution in [3.63, 3.8) is 0 Å². The van der Waals surface area contributed by atoms with Crippen molar-refractivity contribution in [3.05, 3.63) is 58.7 Å². The third kappa shape index (κ3) is 19.0. The third-order valence-electron chi connectivity index (χ3n) is 8.28. The molecular weight excluding hydrogens is 728 g/mol. The zero-order valence-electron chi connectivity index (χ0n) is 32.9. The van der Waals surface area contributed by atoms with Crippen LogP contribution in [-0.4, -0.2) is 156 Å². The Hall–Kier alpha value is -3.68. The first-order chi connectivity index (χ1) is 27.4. The van der Waals surface area contributed by atoms with E-state index in [1.54, 1.807) is 38.5 Å². The monoisotopic (exact) mass is 788 g/mol. The summed E-state index contributed by atoms with van der Waals surface area (Å²) in [7, 11) is 3.26. The Morgan fingerprint density at radius 2 is 0.786 bits per heavy atom. The Morgan fingerprint density at radius 3 is 1.14 bits per heavy atom. The standard InChI is InChI=1S/C40H60N4O12/c1-49-17-19-53-25-27-55-23-21-51-15-3-11-41-13-9-37(45)43-31-5-7-33-35(29-31)39(47)34-8-6-32(30-36(34)40(33)48)44-38(46)10-14-42-12-4-16-52-22-24-56-28-26-54-20-18-50-2/h5-8,29-30,41-42H,3-4,9-28H2,1-2H3,(H,43,45)(H,44,46). The highest BCUT2D eigenvalue weighted by Crippen LogP contribution is 2.31. The van der Waals surface area contributed by atoms with Crippen LogP contribution in [0.4, 0.5) is 11.4 Å². The number of rotatable bonds is 34. The van der Waals surface area contributed by atoms with Gasteiger partial charge in [-0.3, -0.25) is 19.2 Å². The molecule has 16 nitrogen and oxygen atoms in total. The number of methoxy groups -OCH3 is 2. The molecule has 0 saturated carbocycles. The quantitative estimate of drug-likeness (QED) is 0.0646. The number of hydrogen-bond acceptors (Lipinski definition) is 14. The highest BCUT2D eigenvalue weighted by Gasteiger charge is 2.30. The second-order valence-corrected chi connectivity index (χ2v) is 12.6. The van der Waals surface area contributed by atoms with Crippen LogP contribution in [0.25, 0.3) is 0 Å². The Bertz CT molecular complexity index is 1350. The number of carbonyl (C=O) groups excluding carboxylic acids is 4. The Morgan fingerprint density at radius 1 is 0.446 bits per heavy atom. The molecule has 2 aromatic rings. The fraction of sp³-hybridized carbons (Fsp3) is 0.600. The number of amides is 2. The van der Waals surface area contributed by atoms with Crippen LogP contribution in [-0.2, 0) is 47.5 Å². The molecule has 2 amide bonds. The van der Waals surface area contributed by atoms with Crippen LogP contribution in [0.3, 0.4) is 0 Å². The molecule has 0 atom stereocenters. The van der Waals surface area contributed by atoms with Crippen LogP contribution < -0.4 is 21.3 Å². The highest BCUT2D eigenvalue weighted by atomic mass is 16.6. The van der Waals surface area contributed by atoms with Crippen LogP contribution in [0, 0.1) is 0 Å². The summed E-state index contributed by atoms with van der Waals surface area (Å²) in [6, 6.07) is 9.38. The van der Waals surface area contributed by atoms with Gasteiger partial charge in [0.2, 0.25) is 11.8 Å². The Kier molecular flexibility index (Phi) is 24.6. The predicted octanol–water partition coefficient (Wildman–Crippen LogP) is 2.47. The molecule has 0 aromatic heterocycles. The summed E-state index contributed by atoms with van der Waals surface area (Å²) in [4.78, 5) is 52.0. The van der Waals surface area contributed by atoms with Crippen molar-refractivity contribution in [1.82, 2.24) is 10.6 Å². The van der Waals surface area contributed by atoms with Crippen LogP contribution in [0.5, 0.6) is 0 Å². The topological polar surface area (TPSA) is 190 Å². The largest absolute Gasteiger partial charge is 0.382 e. The van der Waals surface area contributed by atoms with Crippen LogP contribution in [0.2, 0.25) is 0 Å². The van der Waals surface area contributed by atoms with Gasteiger partial charge >= 0.3 is 0 Å². The molecular formula is C40H60N4O12. The summed E-state index contributed by atoms with van der Waals surface area (Å²) in [5.74, 6) is -1.08. The number of carbonyl (C=O) groups is 4. The molecule has 0 aliphatic heterocycles. The fourth-order valence-corrected chi connectivity index (χ4v) is 5.37. The van der Waals surface area contributed by atoms with Gasteiger partial charge in [-0.1, -0.05) is 0 Å². The average molecular weight is 789 g/mol. The summed E-state index contributed by atoms with van der Waals surface area (Å²) < 4.78 is 42.4. The van der Waals surface area contributed by atoms with E-state index in [4.69, 9.17) is 37.9 Å².